The van der Waals surface area contributed by atoms with Crippen molar-refractivity contribution in [1.82, 2.24) is 0 Å². The number of allylic oxidation sites excluding steroid dienone is 11. The fraction of sp³-hybridized carbons (Fsp3) is 0.441. The van der Waals surface area contributed by atoms with Crippen molar-refractivity contribution in [2.75, 3.05) is 13.7 Å². The highest BCUT2D eigenvalue weighted by atomic mass is 16.5. The van der Waals surface area contributed by atoms with Crippen LogP contribution in [0.15, 0.2) is 108 Å². The molecule has 1 aliphatic carbocycles. The molecule has 3 heteroatoms. The van der Waals surface area contributed by atoms with Gasteiger partial charge in [0.25, 0.3) is 0 Å². The van der Waals surface area contributed by atoms with Gasteiger partial charge in [-0.3, -0.25) is 0 Å². The summed E-state index contributed by atoms with van der Waals surface area (Å²) in [5.41, 5.74) is 7.97. The van der Waals surface area contributed by atoms with Gasteiger partial charge >= 0.3 is 5.97 Å². The lowest BCUT2D eigenvalue weighted by Gasteiger charge is -2.20. The molecule has 202 valence electrons. The van der Waals surface area contributed by atoms with Gasteiger partial charge in [0.2, 0.25) is 0 Å². The number of hydrogen-bond donors (Lipinski definition) is 0. The molecule has 1 rings (SSSR count). The molecule has 0 saturated heterocycles. The zero-order chi connectivity index (χ0) is 28.1. The molecular formula is C34H48O3. The van der Waals surface area contributed by atoms with Crippen LogP contribution in [0.3, 0.4) is 0 Å². The molecule has 0 N–H and O–H groups in total. The van der Waals surface area contributed by atoms with Crippen LogP contribution in [0.1, 0.15) is 73.1 Å². The van der Waals surface area contributed by atoms with Gasteiger partial charge < -0.3 is 9.47 Å². The minimum absolute atomic E-state index is 0.225. The number of ether oxygens (including phenoxy) is 2. The van der Waals surface area contributed by atoms with E-state index < -0.39 is 5.97 Å². The average molecular weight is 505 g/mol. The lowest BCUT2D eigenvalue weighted by molar-refractivity contribution is -0.138. The summed E-state index contributed by atoms with van der Waals surface area (Å²) in [6.45, 7) is 31.3. The van der Waals surface area contributed by atoms with Crippen molar-refractivity contribution in [3.63, 3.8) is 0 Å². The molecule has 0 amide bonds. The monoisotopic (exact) mass is 504 g/mol. The number of esters is 1. The first-order chi connectivity index (χ1) is 17.4. The molecule has 0 bridgehead atoms. The minimum Gasteiger partial charge on any atom is -0.497 e. The Morgan fingerprint density at radius 2 is 1.73 bits per heavy atom. The maximum Gasteiger partial charge on any atom is 0.333 e. The van der Waals surface area contributed by atoms with Crippen LogP contribution in [-0.4, -0.2) is 19.7 Å². The van der Waals surface area contributed by atoms with Crippen LogP contribution < -0.4 is 0 Å². The third-order valence-electron chi connectivity index (χ3n) is 7.14. The summed E-state index contributed by atoms with van der Waals surface area (Å²) in [5, 5.41) is 0. The smallest absolute Gasteiger partial charge is 0.333 e. The molecule has 0 radical (unpaired) electrons. The molecule has 0 aromatic rings. The first kappa shape index (κ1) is 32.0. The predicted molar refractivity (Wildman–Crippen MR) is 159 cm³/mol. The standard InChI is InChI=1S/C34H48O3/c1-12-24(4)13-14-25(5)26(6)15-16-27(7)33-18-17-31(22-29(33)9)28(8)21-32(30(10)36-11)19-20-37-34(35)23(2)3/h15-16,21-22,24-25H,2,6-8,10,12-14,17-20H2,1,3-5,9,11H3/b16-15-,32-21-. The maximum absolute atomic E-state index is 11.7. The number of carbonyl (C=O) groups excluding carboxylic acids is 1. The summed E-state index contributed by atoms with van der Waals surface area (Å²) in [6, 6.07) is 0. The van der Waals surface area contributed by atoms with Crippen molar-refractivity contribution in [2.24, 2.45) is 11.8 Å². The van der Waals surface area contributed by atoms with Crippen LogP contribution in [0, 0.1) is 11.8 Å². The SMILES string of the molecule is C=C(C)C(=O)OCC/C(=C/C(=C)C1=CC(C)=C(C(=C)/C=C\C(=C)C(C)CCC(C)CC)CC1)C(=C)OC. The van der Waals surface area contributed by atoms with E-state index in [1.807, 2.05) is 6.08 Å². The Balaban J connectivity index is 2.90. The van der Waals surface area contributed by atoms with Gasteiger partial charge in [0.15, 0.2) is 0 Å². The molecule has 0 saturated carbocycles. The quantitative estimate of drug-likeness (QED) is 0.0909. The second kappa shape index (κ2) is 15.9. The average Bonchev–Trinajstić information content (AvgIpc) is 2.88. The van der Waals surface area contributed by atoms with Crippen molar-refractivity contribution in [2.45, 2.75) is 73.1 Å². The van der Waals surface area contributed by atoms with Crippen molar-refractivity contribution in [3.8, 4) is 0 Å². The highest BCUT2D eigenvalue weighted by Crippen LogP contribution is 2.33. The van der Waals surface area contributed by atoms with E-state index in [4.69, 9.17) is 9.47 Å². The predicted octanol–water partition coefficient (Wildman–Crippen LogP) is 9.31. The highest BCUT2D eigenvalue weighted by Gasteiger charge is 2.15. The van der Waals surface area contributed by atoms with Gasteiger partial charge in [-0.25, -0.2) is 4.79 Å². The van der Waals surface area contributed by atoms with E-state index in [0.29, 0.717) is 23.7 Å². The molecule has 0 heterocycles. The molecular weight excluding hydrogens is 456 g/mol. The van der Waals surface area contributed by atoms with Crippen LogP contribution in [-0.2, 0) is 14.3 Å². The summed E-state index contributed by atoms with van der Waals surface area (Å²) >= 11 is 0. The maximum atomic E-state index is 11.7. The van der Waals surface area contributed by atoms with Gasteiger partial charge in [0.05, 0.1) is 13.7 Å². The van der Waals surface area contributed by atoms with E-state index >= 15 is 0 Å². The normalized spacial score (nSPS) is 15.6. The summed E-state index contributed by atoms with van der Waals surface area (Å²) in [5.74, 6) is 1.37. The summed E-state index contributed by atoms with van der Waals surface area (Å²) in [4.78, 5) is 11.7. The van der Waals surface area contributed by atoms with E-state index in [0.717, 1.165) is 41.1 Å². The van der Waals surface area contributed by atoms with Gasteiger partial charge in [-0.05, 0) is 84.5 Å². The third kappa shape index (κ3) is 10.8. The molecule has 37 heavy (non-hydrogen) atoms. The first-order valence-corrected chi connectivity index (χ1v) is 13.3. The van der Waals surface area contributed by atoms with Gasteiger partial charge in [-0.1, -0.05) is 90.3 Å². The Labute approximate surface area is 226 Å². The van der Waals surface area contributed by atoms with Gasteiger partial charge in [0.1, 0.15) is 5.76 Å². The van der Waals surface area contributed by atoms with Crippen molar-refractivity contribution >= 4 is 5.97 Å². The molecule has 1 aliphatic rings. The second-order valence-electron chi connectivity index (χ2n) is 10.2. The van der Waals surface area contributed by atoms with E-state index in [9.17, 15) is 4.79 Å². The zero-order valence-corrected chi connectivity index (χ0v) is 24.2. The molecule has 3 nitrogen and oxygen atoms in total. The van der Waals surface area contributed by atoms with Gasteiger partial charge in [-0.2, -0.15) is 0 Å². The Hall–Kier alpha value is -3.07. The molecule has 0 spiro atoms. The van der Waals surface area contributed by atoms with Crippen LogP contribution in [0.5, 0.6) is 0 Å². The second-order valence-corrected chi connectivity index (χ2v) is 10.2. The van der Waals surface area contributed by atoms with E-state index in [-0.39, 0.29) is 6.61 Å². The van der Waals surface area contributed by atoms with Crippen LogP contribution >= 0.6 is 0 Å². The minimum atomic E-state index is -0.400. The molecule has 0 aromatic heterocycles. The van der Waals surface area contributed by atoms with Crippen molar-refractivity contribution in [1.29, 1.82) is 0 Å². The topological polar surface area (TPSA) is 35.5 Å². The van der Waals surface area contributed by atoms with E-state index in [1.165, 1.54) is 36.0 Å². The largest absolute Gasteiger partial charge is 0.497 e. The summed E-state index contributed by atoms with van der Waals surface area (Å²) in [6.07, 6.45) is 14.3. The van der Waals surface area contributed by atoms with E-state index in [2.05, 4.69) is 78.8 Å². The Kier molecular flexibility index (Phi) is 13.7. The molecule has 2 unspecified atom stereocenters. The number of methoxy groups -OCH3 is 1. The fourth-order valence-corrected chi connectivity index (χ4v) is 4.04. The highest BCUT2D eigenvalue weighted by molar-refractivity contribution is 5.86. The van der Waals surface area contributed by atoms with Crippen molar-refractivity contribution < 1.29 is 14.3 Å². The summed E-state index contributed by atoms with van der Waals surface area (Å²) < 4.78 is 10.6. The van der Waals surface area contributed by atoms with Crippen LogP contribution in [0.4, 0.5) is 0 Å². The lowest BCUT2D eigenvalue weighted by atomic mass is 9.85. The molecule has 0 fully saturated rings. The Bertz CT molecular complexity index is 1030. The fourth-order valence-electron chi connectivity index (χ4n) is 4.04. The summed E-state index contributed by atoms with van der Waals surface area (Å²) in [7, 11) is 1.58. The first-order valence-electron chi connectivity index (χ1n) is 13.3. The molecule has 2 atom stereocenters. The van der Waals surface area contributed by atoms with Crippen molar-refractivity contribution in [3.05, 3.63) is 108 Å². The Morgan fingerprint density at radius 3 is 2.30 bits per heavy atom. The van der Waals surface area contributed by atoms with E-state index in [1.54, 1.807) is 14.0 Å². The zero-order valence-electron chi connectivity index (χ0n) is 24.2. The number of hydrogen-bond acceptors (Lipinski definition) is 3. The van der Waals surface area contributed by atoms with Gasteiger partial charge in [0, 0.05) is 12.0 Å². The van der Waals surface area contributed by atoms with Crippen LogP contribution in [0.25, 0.3) is 0 Å². The third-order valence-corrected chi connectivity index (χ3v) is 7.14. The van der Waals surface area contributed by atoms with Crippen LogP contribution in [0.2, 0.25) is 0 Å². The van der Waals surface area contributed by atoms with Gasteiger partial charge in [-0.15, -0.1) is 0 Å². The Morgan fingerprint density at radius 1 is 1.05 bits per heavy atom. The molecule has 0 aromatic carbocycles. The number of rotatable bonds is 16. The molecule has 0 aliphatic heterocycles. The lowest BCUT2D eigenvalue weighted by Crippen LogP contribution is -2.08. The number of carbonyl (C=O) groups is 1.